The lowest BCUT2D eigenvalue weighted by molar-refractivity contribution is -0.119. The molecule has 0 aromatic rings. The summed E-state index contributed by atoms with van der Waals surface area (Å²) in [6.07, 6.45) is 1.47. The molecule has 0 saturated carbocycles. The van der Waals surface area contributed by atoms with Crippen molar-refractivity contribution in [1.29, 1.82) is 0 Å². The highest BCUT2D eigenvalue weighted by atomic mass is 16.5. The lowest BCUT2D eigenvalue weighted by Gasteiger charge is -2.07. The van der Waals surface area contributed by atoms with E-state index in [9.17, 15) is 4.79 Å². The van der Waals surface area contributed by atoms with Crippen LogP contribution in [0.1, 0.15) is 12.8 Å². The van der Waals surface area contributed by atoms with Gasteiger partial charge in [0, 0.05) is 20.1 Å². The molecule has 0 rings (SSSR count). The van der Waals surface area contributed by atoms with Crippen molar-refractivity contribution in [2.75, 3.05) is 34.4 Å². The molecule has 0 fully saturated rings. The number of rotatable bonds is 6. The summed E-state index contributed by atoms with van der Waals surface area (Å²) in [7, 11) is 5.44. The zero-order valence-corrected chi connectivity index (χ0v) is 7.59. The molecule has 0 aromatic heterocycles. The summed E-state index contributed by atoms with van der Waals surface area (Å²) in [6, 6.07) is 0. The number of Topliss-reactive ketones (excluding diaryl/α,β-unsaturated/α-hetero) is 1. The van der Waals surface area contributed by atoms with Gasteiger partial charge in [-0.3, -0.25) is 4.79 Å². The van der Waals surface area contributed by atoms with Gasteiger partial charge in [-0.15, -0.1) is 0 Å². The van der Waals surface area contributed by atoms with Gasteiger partial charge >= 0.3 is 0 Å². The highest BCUT2D eigenvalue weighted by Gasteiger charge is 2.01. The molecule has 0 N–H and O–H groups in total. The van der Waals surface area contributed by atoms with Crippen molar-refractivity contribution < 1.29 is 9.53 Å². The minimum absolute atomic E-state index is 0.284. The monoisotopic (exact) mass is 159 g/mol. The lowest BCUT2D eigenvalue weighted by atomic mass is 10.2. The first kappa shape index (κ1) is 10.6. The molecular formula is C8H17NO2. The molecule has 0 spiro atoms. The predicted octanol–water partition coefficient (Wildman–Crippen LogP) is 0.544. The second-order valence-corrected chi connectivity index (χ2v) is 2.87. The Hall–Kier alpha value is -0.410. The zero-order valence-electron chi connectivity index (χ0n) is 7.59. The van der Waals surface area contributed by atoms with Crippen LogP contribution in [0.15, 0.2) is 0 Å². The fourth-order valence-corrected chi connectivity index (χ4v) is 0.845. The van der Waals surface area contributed by atoms with Crippen LogP contribution in [0.2, 0.25) is 0 Å². The van der Waals surface area contributed by atoms with Crippen LogP contribution < -0.4 is 0 Å². The molecular weight excluding hydrogens is 142 g/mol. The maximum Gasteiger partial charge on any atom is 0.146 e. The number of ketones is 1. The van der Waals surface area contributed by atoms with Crippen LogP contribution in [0.25, 0.3) is 0 Å². The van der Waals surface area contributed by atoms with Crippen molar-refractivity contribution in [3.63, 3.8) is 0 Å². The summed E-state index contributed by atoms with van der Waals surface area (Å²) < 4.78 is 4.83. The van der Waals surface area contributed by atoms with Crippen molar-refractivity contribution in [3.05, 3.63) is 0 Å². The third-order valence-electron chi connectivity index (χ3n) is 1.30. The molecule has 3 heteroatoms. The fraction of sp³-hybridized carbons (Fsp3) is 0.875. The van der Waals surface area contributed by atoms with Gasteiger partial charge in [-0.1, -0.05) is 0 Å². The number of nitrogens with zero attached hydrogens (tertiary/aromatic N) is 1. The van der Waals surface area contributed by atoms with Crippen LogP contribution >= 0.6 is 0 Å². The van der Waals surface area contributed by atoms with E-state index in [1.54, 1.807) is 7.11 Å². The van der Waals surface area contributed by atoms with Crippen molar-refractivity contribution in [3.8, 4) is 0 Å². The molecule has 0 aromatic carbocycles. The predicted molar refractivity (Wildman–Crippen MR) is 44.7 cm³/mol. The Balaban J connectivity index is 3.23. The smallest absolute Gasteiger partial charge is 0.146 e. The Kier molecular flexibility index (Phi) is 6.07. The number of carbonyl (C=O) groups is 1. The summed E-state index contributed by atoms with van der Waals surface area (Å²) in [5, 5.41) is 0. The first-order valence-electron chi connectivity index (χ1n) is 3.82. The van der Waals surface area contributed by atoms with Crippen LogP contribution in [0.4, 0.5) is 0 Å². The number of carbonyl (C=O) groups excluding carboxylic acids is 1. The average molecular weight is 159 g/mol. The molecule has 0 heterocycles. The van der Waals surface area contributed by atoms with Crippen molar-refractivity contribution in [1.82, 2.24) is 4.90 Å². The Labute approximate surface area is 68.3 Å². The van der Waals surface area contributed by atoms with Crippen LogP contribution in [0.5, 0.6) is 0 Å². The molecule has 66 valence electrons. The first-order chi connectivity index (χ1) is 5.16. The van der Waals surface area contributed by atoms with E-state index in [0.717, 1.165) is 6.42 Å². The number of hydrogen-bond donors (Lipinski definition) is 0. The fourth-order valence-electron chi connectivity index (χ4n) is 0.845. The quantitative estimate of drug-likeness (QED) is 0.530. The van der Waals surface area contributed by atoms with Gasteiger partial charge in [-0.05, 0) is 20.5 Å². The van der Waals surface area contributed by atoms with Gasteiger partial charge < -0.3 is 9.64 Å². The van der Waals surface area contributed by atoms with E-state index in [4.69, 9.17) is 4.74 Å². The Morgan fingerprint density at radius 3 is 2.55 bits per heavy atom. The standard InChI is InChI=1S/C8H17NO2/c1-9(2)7-8(10)5-4-6-11-3/h4-7H2,1-3H3. The van der Waals surface area contributed by atoms with Crippen LogP contribution in [-0.2, 0) is 9.53 Å². The summed E-state index contributed by atoms with van der Waals surface area (Å²) in [5.74, 6) is 0.284. The van der Waals surface area contributed by atoms with Crippen molar-refractivity contribution in [2.24, 2.45) is 0 Å². The molecule has 11 heavy (non-hydrogen) atoms. The number of methoxy groups -OCH3 is 1. The van der Waals surface area contributed by atoms with Crippen molar-refractivity contribution >= 4 is 5.78 Å². The Morgan fingerprint density at radius 2 is 2.09 bits per heavy atom. The molecule has 0 atom stereocenters. The Morgan fingerprint density at radius 1 is 1.45 bits per heavy atom. The minimum atomic E-state index is 0.284. The van der Waals surface area contributed by atoms with Crippen LogP contribution in [-0.4, -0.2) is 45.0 Å². The third kappa shape index (κ3) is 7.49. The van der Waals surface area contributed by atoms with Crippen LogP contribution in [0.3, 0.4) is 0 Å². The number of ether oxygens (including phenoxy) is 1. The average Bonchev–Trinajstić information content (AvgIpc) is 1.86. The Bertz CT molecular complexity index is 113. The summed E-state index contributed by atoms with van der Waals surface area (Å²) in [4.78, 5) is 12.9. The van der Waals surface area contributed by atoms with Gasteiger partial charge in [-0.2, -0.15) is 0 Å². The van der Waals surface area contributed by atoms with E-state index in [-0.39, 0.29) is 5.78 Å². The van der Waals surface area contributed by atoms with E-state index >= 15 is 0 Å². The van der Waals surface area contributed by atoms with E-state index < -0.39 is 0 Å². The second-order valence-electron chi connectivity index (χ2n) is 2.87. The maximum absolute atomic E-state index is 11.0. The van der Waals surface area contributed by atoms with E-state index in [2.05, 4.69) is 0 Å². The zero-order chi connectivity index (χ0) is 8.69. The molecule has 3 nitrogen and oxygen atoms in total. The van der Waals surface area contributed by atoms with Gasteiger partial charge in [-0.25, -0.2) is 0 Å². The lowest BCUT2D eigenvalue weighted by Crippen LogP contribution is -2.21. The SMILES string of the molecule is COCCCC(=O)CN(C)C. The van der Waals surface area contributed by atoms with Gasteiger partial charge in [0.05, 0.1) is 6.54 Å². The summed E-state index contributed by atoms with van der Waals surface area (Å²) >= 11 is 0. The summed E-state index contributed by atoms with van der Waals surface area (Å²) in [6.45, 7) is 1.23. The van der Waals surface area contributed by atoms with Gasteiger partial charge in [0.1, 0.15) is 5.78 Å². The molecule has 0 radical (unpaired) electrons. The topological polar surface area (TPSA) is 29.5 Å². The minimum Gasteiger partial charge on any atom is -0.385 e. The van der Waals surface area contributed by atoms with Gasteiger partial charge in [0.25, 0.3) is 0 Å². The molecule has 0 aliphatic rings. The largest absolute Gasteiger partial charge is 0.385 e. The number of hydrogen-bond acceptors (Lipinski definition) is 3. The molecule has 0 bridgehead atoms. The third-order valence-corrected chi connectivity index (χ3v) is 1.30. The van der Waals surface area contributed by atoms with E-state index in [0.29, 0.717) is 19.6 Å². The number of likely N-dealkylation sites (N-methyl/N-ethyl adjacent to an activating group) is 1. The molecule has 0 aliphatic carbocycles. The van der Waals surface area contributed by atoms with E-state index in [1.807, 2.05) is 19.0 Å². The molecule has 0 saturated heterocycles. The van der Waals surface area contributed by atoms with Gasteiger partial charge in [0.15, 0.2) is 0 Å². The van der Waals surface area contributed by atoms with Gasteiger partial charge in [0.2, 0.25) is 0 Å². The van der Waals surface area contributed by atoms with Crippen LogP contribution in [0, 0.1) is 0 Å². The first-order valence-corrected chi connectivity index (χ1v) is 3.82. The molecule has 0 aliphatic heterocycles. The molecule has 0 unspecified atom stereocenters. The highest BCUT2D eigenvalue weighted by Crippen LogP contribution is 1.92. The maximum atomic E-state index is 11.0. The highest BCUT2D eigenvalue weighted by molar-refractivity contribution is 5.80. The second kappa shape index (κ2) is 6.31. The van der Waals surface area contributed by atoms with Crippen molar-refractivity contribution in [2.45, 2.75) is 12.8 Å². The molecule has 0 amide bonds. The normalized spacial score (nSPS) is 10.5. The summed E-state index contributed by atoms with van der Waals surface area (Å²) in [5.41, 5.74) is 0. The van der Waals surface area contributed by atoms with E-state index in [1.165, 1.54) is 0 Å².